The lowest BCUT2D eigenvalue weighted by Gasteiger charge is -2.23. The molecule has 0 unspecified atom stereocenters. The van der Waals surface area contributed by atoms with E-state index in [2.05, 4.69) is 5.32 Å². The zero-order valence-corrected chi connectivity index (χ0v) is 10.2. The van der Waals surface area contributed by atoms with Gasteiger partial charge in [-0.05, 0) is 31.0 Å². The third-order valence-corrected chi connectivity index (χ3v) is 4.25. The molecule has 17 heavy (non-hydrogen) atoms. The molecule has 0 atom stereocenters. The highest BCUT2D eigenvalue weighted by molar-refractivity contribution is 7.85. The van der Waals surface area contributed by atoms with Gasteiger partial charge in [-0.15, -0.1) is 0 Å². The zero-order chi connectivity index (χ0) is 12.3. The summed E-state index contributed by atoms with van der Waals surface area (Å²) >= 11 is 0. The Labute approximate surface area is 102 Å². The molecule has 4 nitrogen and oxygen atoms in total. The van der Waals surface area contributed by atoms with Crippen LogP contribution in [0.4, 0.5) is 5.69 Å². The molecule has 92 valence electrons. The number of hydrogen-bond acceptors (Lipinski definition) is 3. The van der Waals surface area contributed by atoms with Gasteiger partial charge in [-0.2, -0.15) is 0 Å². The average molecular weight is 253 g/mol. The summed E-state index contributed by atoms with van der Waals surface area (Å²) in [5.74, 6) is 0.547. The fraction of sp³-hybridized carbons (Fsp3) is 0.417. The predicted octanol–water partition coefficient (Wildman–Crippen LogP) is 1.71. The molecule has 1 saturated heterocycles. The zero-order valence-electron chi connectivity index (χ0n) is 9.39. The lowest BCUT2D eigenvalue weighted by molar-refractivity contribution is 0.0697. The molecule has 5 heteroatoms. The maximum absolute atomic E-state index is 11.2. The monoisotopic (exact) mass is 253 g/mol. The van der Waals surface area contributed by atoms with Gasteiger partial charge in [-0.25, -0.2) is 4.79 Å². The van der Waals surface area contributed by atoms with Crippen molar-refractivity contribution in [2.75, 3.05) is 16.8 Å². The minimum atomic E-state index is -0.918. The first kappa shape index (κ1) is 12.1. The SMILES string of the molecule is O=C(O)c1cccc(NC2CCS(=O)CC2)c1. The number of nitrogens with one attached hydrogen (secondary N) is 1. The van der Waals surface area contributed by atoms with Gasteiger partial charge in [0.25, 0.3) is 0 Å². The van der Waals surface area contributed by atoms with Gasteiger partial charge in [0.15, 0.2) is 0 Å². The fourth-order valence-corrected chi connectivity index (χ4v) is 3.21. The van der Waals surface area contributed by atoms with Crippen molar-refractivity contribution >= 4 is 22.5 Å². The van der Waals surface area contributed by atoms with Crippen LogP contribution >= 0.6 is 0 Å². The Hall–Kier alpha value is -1.36. The molecule has 0 aliphatic carbocycles. The summed E-state index contributed by atoms with van der Waals surface area (Å²) in [6.07, 6.45) is 1.76. The van der Waals surface area contributed by atoms with Gasteiger partial charge in [0.1, 0.15) is 0 Å². The first-order valence-corrected chi connectivity index (χ1v) is 7.09. The standard InChI is InChI=1S/C12H15NO3S/c14-12(15)9-2-1-3-11(8-9)13-10-4-6-17(16)7-5-10/h1-3,8,10,13H,4-7H2,(H,14,15). The normalized spacial score (nSPS) is 24.2. The fourth-order valence-electron chi connectivity index (χ4n) is 1.92. The molecule has 0 radical (unpaired) electrons. The lowest BCUT2D eigenvalue weighted by Crippen LogP contribution is -2.29. The molecular formula is C12H15NO3S. The van der Waals surface area contributed by atoms with E-state index >= 15 is 0 Å². The second-order valence-corrected chi connectivity index (χ2v) is 5.85. The number of aromatic carboxylic acids is 1. The van der Waals surface area contributed by atoms with E-state index in [9.17, 15) is 9.00 Å². The summed E-state index contributed by atoms with van der Waals surface area (Å²) in [5, 5.41) is 12.2. The minimum absolute atomic E-state index is 0.286. The van der Waals surface area contributed by atoms with E-state index in [4.69, 9.17) is 5.11 Å². The predicted molar refractivity (Wildman–Crippen MR) is 67.9 cm³/mol. The summed E-state index contributed by atoms with van der Waals surface area (Å²) < 4.78 is 11.2. The Kier molecular flexibility index (Phi) is 3.78. The van der Waals surface area contributed by atoms with Gasteiger partial charge in [0.2, 0.25) is 0 Å². The van der Waals surface area contributed by atoms with Crippen molar-refractivity contribution < 1.29 is 14.1 Å². The third kappa shape index (κ3) is 3.30. The molecule has 2 N–H and O–H groups in total. The van der Waals surface area contributed by atoms with Crippen molar-refractivity contribution in [3.8, 4) is 0 Å². The lowest BCUT2D eigenvalue weighted by atomic mass is 10.1. The highest BCUT2D eigenvalue weighted by Gasteiger charge is 2.17. The topological polar surface area (TPSA) is 66.4 Å². The van der Waals surface area contributed by atoms with E-state index in [1.807, 2.05) is 6.07 Å². The van der Waals surface area contributed by atoms with E-state index in [1.165, 1.54) is 0 Å². The van der Waals surface area contributed by atoms with E-state index in [0.717, 1.165) is 30.0 Å². The van der Waals surface area contributed by atoms with Crippen molar-refractivity contribution in [2.45, 2.75) is 18.9 Å². The molecule has 0 bridgehead atoms. The van der Waals surface area contributed by atoms with Gasteiger partial charge in [-0.1, -0.05) is 6.07 Å². The molecule has 1 aliphatic heterocycles. The molecule has 1 heterocycles. The van der Waals surface area contributed by atoms with Crippen molar-refractivity contribution in [3.63, 3.8) is 0 Å². The number of hydrogen-bond donors (Lipinski definition) is 2. The van der Waals surface area contributed by atoms with Gasteiger partial charge in [0.05, 0.1) is 5.56 Å². The Morgan fingerprint density at radius 1 is 1.35 bits per heavy atom. The summed E-state index contributed by atoms with van der Waals surface area (Å²) in [4.78, 5) is 10.8. The Balaban J connectivity index is 2.01. The molecule has 0 saturated carbocycles. The van der Waals surface area contributed by atoms with Crippen LogP contribution in [0.3, 0.4) is 0 Å². The van der Waals surface area contributed by atoms with E-state index in [1.54, 1.807) is 18.2 Å². The van der Waals surface area contributed by atoms with Crippen LogP contribution in [0.5, 0.6) is 0 Å². The number of rotatable bonds is 3. The van der Waals surface area contributed by atoms with Crippen molar-refractivity contribution in [1.82, 2.24) is 0 Å². The minimum Gasteiger partial charge on any atom is -0.478 e. The highest BCUT2D eigenvalue weighted by atomic mass is 32.2. The second-order valence-electron chi connectivity index (χ2n) is 4.15. The molecule has 1 aliphatic rings. The maximum atomic E-state index is 11.2. The van der Waals surface area contributed by atoms with Crippen LogP contribution in [-0.2, 0) is 10.8 Å². The van der Waals surface area contributed by atoms with Crippen LogP contribution in [0.1, 0.15) is 23.2 Å². The first-order chi connectivity index (χ1) is 8.15. The van der Waals surface area contributed by atoms with Crippen LogP contribution in [0, 0.1) is 0 Å². The van der Waals surface area contributed by atoms with E-state index < -0.39 is 16.8 Å². The Morgan fingerprint density at radius 3 is 2.71 bits per heavy atom. The Bertz CT molecular complexity index is 437. The quantitative estimate of drug-likeness (QED) is 0.860. The van der Waals surface area contributed by atoms with Gasteiger partial charge >= 0.3 is 5.97 Å². The Morgan fingerprint density at radius 2 is 2.06 bits per heavy atom. The molecule has 1 fully saturated rings. The number of carboxylic acids is 1. The first-order valence-electron chi connectivity index (χ1n) is 5.60. The largest absolute Gasteiger partial charge is 0.478 e. The third-order valence-electron chi connectivity index (χ3n) is 2.87. The van der Waals surface area contributed by atoms with Gasteiger partial charge < -0.3 is 10.4 Å². The second kappa shape index (κ2) is 5.31. The number of carbonyl (C=O) groups is 1. The van der Waals surface area contributed by atoms with E-state index in [-0.39, 0.29) is 5.56 Å². The van der Waals surface area contributed by atoms with Crippen LogP contribution in [0.15, 0.2) is 24.3 Å². The number of anilines is 1. The molecule has 0 amide bonds. The van der Waals surface area contributed by atoms with Gasteiger partial charge in [-0.3, -0.25) is 4.21 Å². The highest BCUT2D eigenvalue weighted by Crippen LogP contribution is 2.17. The van der Waals surface area contributed by atoms with Crippen LogP contribution in [0.25, 0.3) is 0 Å². The summed E-state index contributed by atoms with van der Waals surface area (Å²) in [6, 6.07) is 7.10. The van der Waals surface area contributed by atoms with Gasteiger partial charge in [0, 0.05) is 34.0 Å². The van der Waals surface area contributed by atoms with Crippen molar-refractivity contribution in [1.29, 1.82) is 0 Å². The van der Waals surface area contributed by atoms with Crippen LogP contribution < -0.4 is 5.32 Å². The molecule has 1 aromatic carbocycles. The number of carboxylic acid groups (broad SMARTS) is 1. The van der Waals surface area contributed by atoms with Crippen molar-refractivity contribution in [3.05, 3.63) is 29.8 Å². The van der Waals surface area contributed by atoms with E-state index in [0.29, 0.717) is 6.04 Å². The molecule has 0 spiro atoms. The number of benzene rings is 1. The van der Waals surface area contributed by atoms with Crippen molar-refractivity contribution in [2.24, 2.45) is 0 Å². The summed E-state index contributed by atoms with van der Waals surface area (Å²) in [6.45, 7) is 0. The average Bonchev–Trinajstić information content (AvgIpc) is 2.32. The van der Waals surface area contributed by atoms with Crippen LogP contribution in [0.2, 0.25) is 0 Å². The smallest absolute Gasteiger partial charge is 0.335 e. The summed E-state index contributed by atoms with van der Waals surface area (Å²) in [5.41, 5.74) is 1.11. The van der Waals surface area contributed by atoms with Crippen LogP contribution in [-0.4, -0.2) is 32.8 Å². The molecule has 0 aromatic heterocycles. The summed E-state index contributed by atoms with van der Waals surface area (Å²) in [7, 11) is -0.665. The molecule has 2 rings (SSSR count). The molecule has 1 aromatic rings. The maximum Gasteiger partial charge on any atom is 0.335 e. The molecular weight excluding hydrogens is 238 g/mol.